The van der Waals surface area contributed by atoms with Crippen molar-refractivity contribution in [3.63, 3.8) is 0 Å². The average Bonchev–Trinajstić information content (AvgIpc) is 3.04. The molecule has 6 N–H and O–H groups in total. The number of aliphatic hydroxyl groups excluding tert-OH is 1. The molecule has 0 aliphatic carbocycles. The lowest BCUT2D eigenvalue weighted by Crippen LogP contribution is -2.16. The normalized spacial score (nSPS) is 11.6. The molecule has 136 valence electrons. The number of fused-ring (bicyclic) bond motifs is 1. The first-order chi connectivity index (χ1) is 12.2. The fourth-order valence-electron chi connectivity index (χ4n) is 2.57. The van der Waals surface area contributed by atoms with Gasteiger partial charge in [-0.05, 0) is 35.9 Å². The van der Waals surface area contributed by atoms with Crippen LogP contribution < -0.4 is 10.5 Å². The molecule has 2 aromatic carbocycles. The molecule has 0 bridgehead atoms. The van der Waals surface area contributed by atoms with Crippen LogP contribution in [0.3, 0.4) is 0 Å². The quantitative estimate of drug-likeness (QED) is 0.448. The minimum absolute atomic E-state index is 0.203. The Morgan fingerprint density at radius 1 is 1.27 bits per heavy atom. The summed E-state index contributed by atoms with van der Waals surface area (Å²) in [6.45, 7) is -0.277. The molecule has 0 unspecified atom stereocenters. The van der Waals surface area contributed by atoms with Crippen molar-refractivity contribution in [3.05, 3.63) is 52.7 Å². The van der Waals surface area contributed by atoms with E-state index in [1.165, 1.54) is 6.07 Å². The molecular weight excluding hydrogens is 382 g/mol. The summed E-state index contributed by atoms with van der Waals surface area (Å²) in [6, 6.07) is 6.75. The summed E-state index contributed by atoms with van der Waals surface area (Å²) >= 11 is 5.80. The second-order valence-electron chi connectivity index (χ2n) is 5.50. The van der Waals surface area contributed by atoms with Gasteiger partial charge in [0.25, 0.3) is 15.9 Å². The third-order valence-corrected chi connectivity index (χ3v) is 5.44. The summed E-state index contributed by atoms with van der Waals surface area (Å²) in [5.41, 5.74) is 6.09. The van der Waals surface area contributed by atoms with E-state index in [2.05, 4.69) is 9.71 Å². The summed E-state index contributed by atoms with van der Waals surface area (Å²) < 4.78 is 27.6. The van der Waals surface area contributed by atoms with Gasteiger partial charge in [-0.3, -0.25) is 9.52 Å². The van der Waals surface area contributed by atoms with Gasteiger partial charge in [0, 0.05) is 17.1 Å². The van der Waals surface area contributed by atoms with Crippen LogP contribution in [-0.2, 0) is 16.6 Å². The number of nitrogens with two attached hydrogens (primary N) is 1. The molecule has 0 aliphatic heterocycles. The van der Waals surface area contributed by atoms with E-state index in [1.54, 1.807) is 18.3 Å². The zero-order valence-electron chi connectivity index (χ0n) is 13.2. The molecule has 0 saturated heterocycles. The molecule has 3 aromatic rings. The van der Waals surface area contributed by atoms with Crippen LogP contribution in [0, 0.1) is 0 Å². The maximum absolute atomic E-state index is 12.6. The molecule has 1 heterocycles. The number of hydrogen-bond donors (Lipinski definition) is 5. The smallest absolute Gasteiger partial charge is 0.261 e. The molecule has 1 aromatic heterocycles. The third-order valence-electron chi connectivity index (χ3n) is 3.79. The van der Waals surface area contributed by atoms with Crippen LogP contribution in [0.25, 0.3) is 10.9 Å². The van der Waals surface area contributed by atoms with Crippen molar-refractivity contribution in [2.45, 2.75) is 11.5 Å². The van der Waals surface area contributed by atoms with Crippen LogP contribution in [0.5, 0.6) is 5.75 Å². The van der Waals surface area contributed by atoms with E-state index in [0.717, 1.165) is 17.5 Å². The van der Waals surface area contributed by atoms with Gasteiger partial charge in [-0.1, -0.05) is 11.6 Å². The van der Waals surface area contributed by atoms with Crippen LogP contribution in [0.4, 0.5) is 5.69 Å². The van der Waals surface area contributed by atoms with Crippen molar-refractivity contribution >= 4 is 44.1 Å². The Labute approximate surface area is 153 Å². The van der Waals surface area contributed by atoms with E-state index in [1.807, 2.05) is 0 Å². The number of aliphatic hydroxyl groups is 1. The first-order valence-corrected chi connectivity index (χ1v) is 9.15. The van der Waals surface area contributed by atoms with Gasteiger partial charge < -0.3 is 20.9 Å². The SMILES string of the molecule is NC(=O)c1cc(S(=O)(=O)Nc2cc(CO)c3cc[nH]c3c2)cc(Cl)c1O. The fourth-order valence-corrected chi connectivity index (χ4v) is 3.94. The number of rotatable bonds is 5. The number of primary amides is 1. The number of carbonyl (C=O) groups is 1. The topological polar surface area (TPSA) is 146 Å². The molecular formula is C16H14ClN3O5S. The number of anilines is 1. The molecule has 0 aliphatic rings. The van der Waals surface area contributed by atoms with Crippen LogP contribution in [0.1, 0.15) is 15.9 Å². The number of phenols is 1. The molecule has 0 spiro atoms. The van der Waals surface area contributed by atoms with E-state index in [-0.39, 0.29) is 22.2 Å². The van der Waals surface area contributed by atoms with Crippen LogP contribution >= 0.6 is 11.6 Å². The number of amides is 1. The highest BCUT2D eigenvalue weighted by atomic mass is 35.5. The minimum atomic E-state index is -4.13. The van der Waals surface area contributed by atoms with Crippen LogP contribution in [-0.4, -0.2) is 29.5 Å². The van der Waals surface area contributed by atoms with Crippen molar-refractivity contribution in [3.8, 4) is 5.75 Å². The Morgan fingerprint density at radius 3 is 2.65 bits per heavy atom. The molecule has 0 saturated carbocycles. The zero-order valence-corrected chi connectivity index (χ0v) is 14.7. The predicted octanol–water partition coefficient (Wildman–Crippen LogP) is 1.92. The molecule has 0 atom stereocenters. The van der Waals surface area contributed by atoms with Gasteiger partial charge in [0.05, 0.1) is 27.8 Å². The Hall–Kier alpha value is -2.75. The monoisotopic (exact) mass is 395 g/mol. The van der Waals surface area contributed by atoms with Gasteiger partial charge >= 0.3 is 0 Å². The van der Waals surface area contributed by atoms with Crippen molar-refractivity contribution < 1.29 is 23.4 Å². The van der Waals surface area contributed by atoms with Crippen molar-refractivity contribution in [2.75, 3.05) is 4.72 Å². The molecule has 8 nitrogen and oxygen atoms in total. The number of halogens is 1. The summed E-state index contributed by atoms with van der Waals surface area (Å²) in [5, 5.41) is 19.6. The number of sulfonamides is 1. The first kappa shape index (κ1) is 18.1. The van der Waals surface area contributed by atoms with E-state index >= 15 is 0 Å². The summed E-state index contributed by atoms with van der Waals surface area (Å²) in [6.07, 6.45) is 1.67. The van der Waals surface area contributed by atoms with Crippen molar-refractivity contribution in [1.29, 1.82) is 0 Å². The Morgan fingerprint density at radius 2 is 2.00 bits per heavy atom. The molecule has 0 fully saturated rings. The number of benzene rings is 2. The van der Waals surface area contributed by atoms with Gasteiger partial charge in [0.1, 0.15) is 5.75 Å². The lowest BCUT2D eigenvalue weighted by atomic mass is 10.1. The fraction of sp³-hybridized carbons (Fsp3) is 0.0625. The second-order valence-corrected chi connectivity index (χ2v) is 7.59. The van der Waals surface area contributed by atoms with Gasteiger partial charge in [-0.2, -0.15) is 0 Å². The van der Waals surface area contributed by atoms with Gasteiger partial charge in [-0.25, -0.2) is 8.42 Å². The minimum Gasteiger partial charge on any atom is -0.506 e. The molecule has 10 heteroatoms. The van der Waals surface area contributed by atoms with Crippen LogP contribution in [0.2, 0.25) is 5.02 Å². The maximum Gasteiger partial charge on any atom is 0.261 e. The highest BCUT2D eigenvalue weighted by molar-refractivity contribution is 7.92. The highest BCUT2D eigenvalue weighted by Crippen LogP contribution is 2.32. The van der Waals surface area contributed by atoms with Crippen molar-refractivity contribution in [2.24, 2.45) is 5.73 Å². The largest absolute Gasteiger partial charge is 0.506 e. The molecule has 26 heavy (non-hydrogen) atoms. The average molecular weight is 396 g/mol. The second kappa shape index (κ2) is 6.52. The number of aromatic hydroxyl groups is 1. The summed E-state index contributed by atoms with van der Waals surface area (Å²) in [4.78, 5) is 14.0. The Kier molecular flexibility index (Phi) is 4.53. The number of aromatic nitrogens is 1. The number of hydrogen-bond acceptors (Lipinski definition) is 5. The zero-order chi connectivity index (χ0) is 19.1. The number of aromatic amines is 1. The van der Waals surface area contributed by atoms with E-state index in [9.17, 15) is 23.4 Å². The maximum atomic E-state index is 12.6. The molecule has 0 radical (unpaired) electrons. The molecule has 1 amide bonds. The number of H-pyrrole nitrogens is 1. The van der Waals surface area contributed by atoms with Crippen LogP contribution in [0.15, 0.2) is 41.4 Å². The third kappa shape index (κ3) is 3.19. The predicted molar refractivity (Wildman–Crippen MR) is 96.7 cm³/mol. The lowest BCUT2D eigenvalue weighted by Gasteiger charge is -2.12. The Balaban J connectivity index is 2.06. The summed E-state index contributed by atoms with van der Waals surface area (Å²) in [7, 11) is -4.13. The summed E-state index contributed by atoms with van der Waals surface area (Å²) in [5.74, 6) is -1.61. The standard InChI is InChI=1S/C16H14ClN3O5S/c17-13-6-10(5-12(15(13)22)16(18)23)26(24,25)20-9-3-8(7-21)11-1-2-19-14(11)4-9/h1-6,19-22H,7H2,(H2,18,23). The lowest BCUT2D eigenvalue weighted by molar-refractivity contribution is 0.0997. The number of nitrogens with one attached hydrogen (secondary N) is 2. The van der Waals surface area contributed by atoms with Gasteiger partial charge in [0.15, 0.2) is 0 Å². The van der Waals surface area contributed by atoms with E-state index in [0.29, 0.717) is 11.1 Å². The van der Waals surface area contributed by atoms with Gasteiger partial charge in [0.2, 0.25) is 0 Å². The van der Waals surface area contributed by atoms with E-state index < -0.39 is 27.2 Å². The van der Waals surface area contributed by atoms with Crippen molar-refractivity contribution in [1.82, 2.24) is 4.98 Å². The number of carbonyl (C=O) groups excluding carboxylic acids is 1. The molecule has 3 rings (SSSR count). The Bertz CT molecular complexity index is 1120. The highest BCUT2D eigenvalue weighted by Gasteiger charge is 2.21. The first-order valence-electron chi connectivity index (χ1n) is 7.29. The van der Waals surface area contributed by atoms with E-state index in [4.69, 9.17) is 17.3 Å². The van der Waals surface area contributed by atoms with Gasteiger partial charge in [-0.15, -0.1) is 0 Å².